The molecule has 0 aliphatic heterocycles. The molecule has 1 unspecified atom stereocenters. The Balaban J connectivity index is 2.56. The number of nitrogens with zero attached hydrogens (tertiary/aromatic N) is 1. The molecule has 0 saturated carbocycles. The summed E-state index contributed by atoms with van der Waals surface area (Å²) in [7, 11) is 0. The lowest BCUT2D eigenvalue weighted by atomic mass is 10.1. The van der Waals surface area contributed by atoms with Crippen LogP contribution in [-0.4, -0.2) is 4.98 Å². The summed E-state index contributed by atoms with van der Waals surface area (Å²) in [5, 5.41) is 0. The molecule has 0 saturated heterocycles. The molecular formula is C9H10IN. The second-order valence-corrected chi connectivity index (χ2v) is 5.61. The largest absolute Gasteiger partial charge is 0.264 e. The molecule has 58 valence electrons. The maximum Gasteiger partial charge on any atom is 0.0463 e. The second kappa shape index (κ2) is 2.44. The van der Waals surface area contributed by atoms with E-state index >= 15 is 0 Å². The third-order valence-corrected chi connectivity index (χ3v) is 3.46. The van der Waals surface area contributed by atoms with Crippen LogP contribution in [0.1, 0.15) is 24.5 Å². The molecule has 0 amide bonds. The summed E-state index contributed by atoms with van der Waals surface area (Å²) >= 11 is 2.52. The first-order valence-electron chi connectivity index (χ1n) is 3.82. The standard InChI is InChI=1S/C9H10IN/c1-9(10)4-2-7-3-5-11-6-8(7)9/h3,5-6H,2,4H2,1H3. The van der Waals surface area contributed by atoms with Crippen LogP contribution in [0.3, 0.4) is 0 Å². The summed E-state index contributed by atoms with van der Waals surface area (Å²) in [6.45, 7) is 2.28. The van der Waals surface area contributed by atoms with Crippen LogP contribution >= 0.6 is 22.6 Å². The Bertz CT molecular complexity index is 281. The van der Waals surface area contributed by atoms with E-state index in [1.807, 2.05) is 12.4 Å². The van der Waals surface area contributed by atoms with E-state index in [1.54, 1.807) is 0 Å². The highest BCUT2D eigenvalue weighted by Crippen LogP contribution is 2.43. The van der Waals surface area contributed by atoms with Crippen LogP contribution in [0.25, 0.3) is 0 Å². The molecule has 1 aliphatic rings. The van der Waals surface area contributed by atoms with Crippen LogP contribution in [0.5, 0.6) is 0 Å². The van der Waals surface area contributed by atoms with E-state index < -0.39 is 0 Å². The Kier molecular flexibility index (Phi) is 1.67. The summed E-state index contributed by atoms with van der Waals surface area (Å²) in [5.74, 6) is 0. The fraction of sp³-hybridized carbons (Fsp3) is 0.444. The predicted molar refractivity (Wildman–Crippen MR) is 53.9 cm³/mol. The van der Waals surface area contributed by atoms with Gasteiger partial charge < -0.3 is 0 Å². The van der Waals surface area contributed by atoms with Gasteiger partial charge in [0, 0.05) is 15.8 Å². The van der Waals surface area contributed by atoms with E-state index in [0.717, 1.165) is 0 Å². The van der Waals surface area contributed by atoms with Crippen molar-refractivity contribution in [3.05, 3.63) is 29.6 Å². The van der Waals surface area contributed by atoms with Gasteiger partial charge in [-0.15, -0.1) is 0 Å². The number of hydrogen-bond acceptors (Lipinski definition) is 1. The Morgan fingerprint density at radius 2 is 2.45 bits per heavy atom. The van der Waals surface area contributed by atoms with E-state index in [4.69, 9.17) is 0 Å². The highest BCUT2D eigenvalue weighted by Gasteiger charge is 2.31. The van der Waals surface area contributed by atoms with Crippen LogP contribution < -0.4 is 0 Å². The van der Waals surface area contributed by atoms with Gasteiger partial charge in [-0.1, -0.05) is 22.6 Å². The van der Waals surface area contributed by atoms with Crippen molar-refractivity contribution in [3.63, 3.8) is 0 Å². The fourth-order valence-electron chi connectivity index (χ4n) is 1.61. The van der Waals surface area contributed by atoms with E-state index in [1.165, 1.54) is 24.0 Å². The molecule has 0 radical (unpaired) electrons. The van der Waals surface area contributed by atoms with Crippen molar-refractivity contribution in [1.82, 2.24) is 4.98 Å². The number of aromatic nitrogens is 1. The quantitative estimate of drug-likeness (QED) is 0.515. The van der Waals surface area contributed by atoms with Crippen molar-refractivity contribution < 1.29 is 0 Å². The molecule has 0 spiro atoms. The average Bonchev–Trinajstić information content (AvgIpc) is 2.29. The summed E-state index contributed by atoms with van der Waals surface area (Å²) in [5.41, 5.74) is 2.91. The van der Waals surface area contributed by atoms with Crippen molar-refractivity contribution in [2.45, 2.75) is 23.2 Å². The maximum absolute atomic E-state index is 4.15. The van der Waals surface area contributed by atoms with Crippen LogP contribution in [0, 0.1) is 0 Å². The maximum atomic E-state index is 4.15. The topological polar surface area (TPSA) is 12.9 Å². The minimum absolute atomic E-state index is 0.335. The SMILES string of the molecule is CC1(I)CCc2ccncc21. The second-order valence-electron chi connectivity index (χ2n) is 3.23. The number of rotatable bonds is 0. The van der Waals surface area contributed by atoms with Crippen LogP contribution in [0.2, 0.25) is 0 Å². The van der Waals surface area contributed by atoms with Crippen LogP contribution in [-0.2, 0) is 9.84 Å². The van der Waals surface area contributed by atoms with Crippen LogP contribution in [0.15, 0.2) is 18.5 Å². The van der Waals surface area contributed by atoms with E-state index in [0.29, 0.717) is 3.42 Å². The molecule has 0 aromatic carbocycles. The van der Waals surface area contributed by atoms with E-state index in [2.05, 4.69) is 40.6 Å². The number of pyridine rings is 1. The van der Waals surface area contributed by atoms with Gasteiger partial charge in [-0.3, -0.25) is 4.98 Å². The van der Waals surface area contributed by atoms with Gasteiger partial charge in [0.1, 0.15) is 0 Å². The minimum atomic E-state index is 0.335. The Morgan fingerprint density at radius 1 is 1.64 bits per heavy atom. The van der Waals surface area contributed by atoms with Gasteiger partial charge in [0.25, 0.3) is 0 Å². The number of halogens is 1. The molecule has 1 aliphatic carbocycles. The van der Waals surface area contributed by atoms with Crippen LogP contribution in [0.4, 0.5) is 0 Å². The van der Waals surface area contributed by atoms with E-state index in [-0.39, 0.29) is 0 Å². The van der Waals surface area contributed by atoms with Crippen molar-refractivity contribution in [2.75, 3.05) is 0 Å². The van der Waals surface area contributed by atoms with Gasteiger partial charge in [0.05, 0.1) is 0 Å². The number of hydrogen-bond donors (Lipinski definition) is 0. The summed E-state index contributed by atoms with van der Waals surface area (Å²) < 4.78 is 0.335. The Morgan fingerprint density at radius 3 is 3.18 bits per heavy atom. The molecule has 1 nitrogen and oxygen atoms in total. The number of alkyl halides is 1. The smallest absolute Gasteiger partial charge is 0.0463 e. The fourth-order valence-corrected chi connectivity index (χ4v) is 2.37. The molecule has 1 aromatic heterocycles. The molecule has 0 bridgehead atoms. The van der Waals surface area contributed by atoms with Gasteiger partial charge in [-0.2, -0.15) is 0 Å². The van der Waals surface area contributed by atoms with Crippen molar-refractivity contribution >= 4 is 22.6 Å². The lowest BCUT2D eigenvalue weighted by molar-refractivity contribution is 0.714. The zero-order valence-corrected chi connectivity index (χ0v) is 8.63. The molecule has 0 fully saturated rings. The molecule has 2 rings (SSSR count). The first kappa shape index (κ1) is 7.53. The molecule has 1 heterocycles. The van der Waals surface area contributed by atoms with Gasteiger partial charge >= 0.3 is 0 Å². The first-order valence-corrected chi connectivity index (χ1v) is 4.90. The third kappa shape index (κ3) is 1.17. The third-order valence-electron chi connectivity index (χ3n) is 2.34. The van der Waals surface area contributed by atoms with E-state index in [9.17, 15) is 0 Å². The molecule has 2 heteroatoms. The summed E-state index contributed by atoms with van der Waals surface area (Å²) in [6.07, 6.45) is 6.37. The van der Waals surface area contributed by atoms with Gasteiger partial charge in [-0.05, 0) is 37.0 Å². The number of aryl methyl sites for hydroxylation is 1. The zero-order valence-electron chi connectivity index (χ0n) is 6.47. The summed E-state index contributed by atoms with van der Waals surface area (Å²) in [6, 6.07) is 2.14. The van der Waals surface area contributed by atoms with Crippen molar-refractivity contribution in [2.24, 2.45) is 0 Å². The Labute approximate surface area is 80.4 Å². The Hall–Kier alpha value is -0.120. The lowest BCUT2D eigenvalue weighted by Gasteiger charge is -2.15. The monoisotopic (exact) mass is 259 g/mol. The highest BCUT2D eigenvalue weighted by atomic mass is 127. The van der Waals surface area contributed by atoms with Crippen molar-refractivity contribution in [3.8, 4) is 0 Å². The number of fused-ring (bicyclic) bond motifs is 1. The van der Waals surface area contributed by atoms with Gasteiger partial charge in [-0.25, -0.2) is 0 Å². The zero-order chi connectivity index (χ0) is 7.90. The molecule has 0 N–H and O–H groups in total. The highest BCUT2D eigenvalue weighted by molar-refractivity contribution is 14.1. The lowest BCUT2D eigenvalue weighted by Crippen LogP contribution is -2.06. The van der Waals surface area contributed by atoms with Crippen molar-refractivity contribution in [1.29, 1.82) is 0 Å². The van der Waals surface area contributed by atoms with Gasteiger partial charge in [0.2, 0.25) is 0 Å². The normalized spacial score (nSPS) is 28.5. The average molecular weight is 259 g/mol. The van der Waals surface area contributed by atoms with Gasteiger partial charge in [0.15, 0.2) is 0 Å². The first-order chi connectivity index (χ1) is 5.20. The molecule has 1 atom stereocenters. The minimum Gasteiger partial charge on any atom is -0.264 e. The summed E-state index contributed by atoms with van der Waals surface area (Å²) in [4.78, 5) is 4.15. The molecule has 1 aromatic rings. The molecule has 11 heavy (non-hydrogen) atoms. The molecular weight excluding hydrogens is 249 g/mol. The predicted octanol–water partition coefficient (Wildman–Crippen LogP) is 2.68.